The monoisotopic (exact) mass is 341 g/mol. The van der Waals surface area contributed by atoms with Gasteiger partial charge in [-0.3, -0.25) is 0 Å². The maximum Gasteiger partial charge on any atom is 0.262 e. The SMILES string of the molecule is Cc1cc(C#N)cc(S(=O)(=O)Cl)c1I. The van der Waals surface area contributed by atoms with E-state index in [9.17, 15) is 8.42 Å². The highest BCUT2D eigenvalue weighted by atomic mass is 127. The average Bonchev–Trinajstić information content (AvgIpc) is 2.07. The van der Waals surface area contributed by atoms with Crippen LogP contribution >= 0.6 is 33.3 Å². The molecule has 0 fully saturated rings. The van der Waals surface area contributed by atoms with E-state index in [2.05, 4.69) is 0 Å². The number of hydrogen-bond donors (Lipinski definition) is 0. The van der Waals surface area contributed by atoms with Crippen LogP contribution in [0.3, 0.4) is 0 Å². The zero-order valence-corrected chi connectivity index (χ0v) is 10.8. The highest BCUT2D eigenvalue weighted by Gasteiger charge is 2.16. The van der Waals surface area contributed by atoms with Crippen LogP contribution in [-0.2, 0) is 9.05 Å². The maximum atomic E-state index is 11.1. The van der Waals surface area contributed by atoms with Gasteiger partial charge in [0.15, 0.2) is 0 Å². The number of halogens is 2. The average molecular weight is 342 g/mol. The van der Waals surface area contributed by atoms with Gasteiger partial charge in [-0.15, -0.1) is 0 Å². The molecule has 0 N–H and O–H groups in total. The fourth-order valence-corrected chi connectivity index (χ4v) is 3.56. The molecule has 0 aliphatic rings. The third kappa shape index (κ3) is 2.38. The van der Waals surface area contributed by atoms with Gasteiger partial charge in [-0.25, -0.2) is 8.42 Å². The normalized spacial score (nSPS) is 11.0. The molecule has 0 radical (unpaired) electrons. The summed E-state index contributed by atoms with van der Waals surface area (Å²) in [5.74, 6) is 0. The van der Waals surface area contributed by atoms with Gasteiger partial charge in [0.25, 0.3) is 9.05 Å². The van der Waals surface area contributed by atoms with Crippen molar-refractivity contribution < 1.29 is 8.42 Å². The van der Waals surface area contributed by atoms with E-state index < -0.39 is 9.05 Å². The molecule has 6 heteroatoms. The number of rotatable bonds is 1. The van der Waals surface area contributed by atoms with Gasteiger partial charge in [-0.05, 0) is 47.2 Å². The molecule has 0 aliphatic carbocycles. The summed E-state index contributed by atoms with van der Waals surface area (Å²) >= 11 is 1.89. The van der Waals surface area contributed by atoms with Gasteiger partial charge in [0.05, 0.1) is 16.5 Å². The Balaban J connectivity index is 3.61. The fraction of sp³-hybridized carbons (Fsp3) is 0.125. The second-order valence-corrected chi connectivity index (χ2v) is 6.27. The topological polar surface area (TPSA) is 57.9 Å². The van der Waals surface area contributed by atoms with E-state index in [0.717, 1.165) is 5.56 Å². The zero-order valence-electron chi connectivity index (χ0n) is 7.08. The Morgan fingerprint density at radius 1 is 1.50 bits per heavy atom. The van der Waals surface area contributed by atoms with Crippen LogP contribution in [0.5, 0.6) is 0 Å². The first-order valence-electron chi connectivity index (χ1n) is 3.51. The number of hydrogen-bond acceptors (Lipinski definition) is 3. The van der Waals surface area contributed by atoms with Crippen molar-refractivity contribution in [2.45, 2.75) is 11.8 Å². The van der Waals surface area contributed by atoms with E-state index >= 15 is 0 Å². The van der Waals surface area contributed by atoms with Gasteiger partial charge in [0, 0.05) is 14.3 Å². The van der Waals surface area contributed by atoms with E-state index in [1.165, 1.54) is 6.07 Å². The number of aryl methyl sites for hydroxylation is 1. The minimum absolute atomic E-state index is 0.00341. The molecule has 0 heterocycles. The summed E-state index contributed by atoms with van der Waals surface area (Å²) in [6, 6.07) is 4.77. The molecule has 1 rings (SSSR count). The van der Waals surface area contributed by atoms with Crippen molar-refractivity contribution in [3.05, 3.63) is 26.8 Å². The highest BCUT2D eigenvalue weighted by molar-refractivity contribution is 14.1. The lowest BCUT2D eigenvalue weighted by Gasteiger charge is -2.04. The summed E-state index contributed by atoms with van der Waals surface area (Å²) in [7, 11) is 1.45. The zero-order chi connectivity index (χ0) is 10.9. The van der Waals surface area contributed by atoms with Gasteiger partial charge in [0.1, 0.15) is 0 Å². The van der Waals surface area contributed by atoms with Gasteiger partial charge in [0.2, 0.25) is 0 Å². The molecule has 3 nitrogen and oxygen atoms in total. The molecule has 74 valence electrons. The van der Waals surface area contributed by atoms with Crippen LogP contribution in [-0.4, -0.2) is 8.42 Å². The van der Waals surface area contributed by atoms with Gasteiger partial charge in [-0.2, -0.15) is 5.26 Å². The highest BCUT2D eigenvalue weighted by Crippen LogP contribution is 2.25. The van der Waals surface area contributed by atoms with Crippen molar-refractivity contribution in [1.29, 1.82) is 5.26 Å². The predicted octanol–water partition coefficient (Wildman–Crippen LogP) is 2.40. The van der Waals surface area contributed by atoms with Crippen LogP contribution in [0.1, 0.15) is 11.1 Å². The number of nitrogens with zero attached hydrogens (tertiary/aromatic N) is 1. The van der Waals surface area contributed by atoms with Gasteiger partial charge < -0.3 is 0 Å². The Bertz CT molecular complexity index is 519. The summed E-state index contributed by atoms with van der Waals surface area (Å²) in [4.78, 5) is -0.00341. The molecule has 0 amide bonds. The summed E-state index contributed by atoms with van der Waals surface area (Å²) in [6.07, 6.45) is 0. The van der Waals surface area contributed by atoms with Crippen LogP contribution < -0.4 is 0 Å². The number of nitriles is 1. The Hall–Kier alpha value is -0.320. The van der Waals surface area contributed by atoms with Crippen molar-refractivity contribution in [2.75, 3.05) is 0 Å². The van der Waals surface area contributed by atoms with Crippen molar-refractivity contribution in [1.82, 2.24) is 0 Å². The second-order valence-electron chi connectivity index (χ2n) is 2.65. The first-order chi connectivity index (χ1) is 6.36. The van der Waals surface area contributed by atoms with Crippen molar-refractivity contribution in [3.8, 4) is 6.07 Å². The Morgan fingerprint density at radius 3 is 2.50 bits per heavy atom. The first kappa shape index (κ1) is 11.8. The maximum absolute atomic E-state index is 11.1. The second kappa shape index (κ2) is 4.04. The van der Waals surface area contributed by atoms with Gasteiger partial charge >= 0.3 is 0 Å². The quantitative estimate of drug-likeness (QED) is 0.582. The lowest BCUT2D eigenvalue weighted by molar-refractivity contribution is 0.609. The Kier molecular flexibility index (Phi) is 3.40. The Morgan fingerprint density at radius 2 is 2.07 bits per heavy atom. The van der Waals surface area contributed by atoms with Crippen LogP contribution in [0.15, 0.2) is 17.0 Å². The molecule has 0 spiro atoms. The van der Waals surface area contributed by atoms with Crippen LogP contribution in [0.4, 0.5) is 0 Å². The fourth-order valence-electron chi connectivity index (χ4n) is 0.979. The summed E-state index contributed by atoms with van der Waals surface area (Å²) in [6.45, 7) is 1.73. The lowest BCUT2D eigenvalue weighted by Crippen LogP contribution is -1.98. The molecule has 0 aliphatic heterocycles. The molecule has 14 heavy (non-hydrogen) atoms. The molecule has 0 saturated carbocycles. The lowest BCUT2D eigenvalue weighted by atomic mass is 10.2. The van der Waals surface area contributed by atoms with E-state index in [4.69, 9.17) is 15.9 Å². The van der Waals surface area contributed by atoms with Crippen molar-refractivity contribution in [2.24, 2.45) is 0 Å². The number of benzene rings is 1. The molecule has 0 aromatic heterocycles. The van der Waals surface area contributed by atoms with Crippen LogP contribution in [0.2, 0.25) is 0 Å². The van der Waals surface area contributed by atoms with E-state index in [1.807, 2.05) is 28.7 Å². The Labute approximate surface area is 100 Å². The van der Waals surface area contributed by atoms with E-state index in [1.54, 1.807) is 13.0 Å². The van der Waals surface area contributed by atoms with Gasteiger partial charge in [-0.1, -0.05) is 0 Å². The van der Waals surface area contributed by atoms with Crippen molar-refractivity contribution in [3.63, 3.8) is 0 Å². The smallest absolute Gasteiger partial charge is 0.207 e. The summed E-state index contributed by atoms with van der Waals surface area (Å²) < 4.78 is 22.8. The van der Waals surface area contributed by atoms with Crippen LogP contribution in [0, 0.1) is 21.8 Å². The largest absolute Gasteiger partial charge is 0.262 e. The molecule has 1 aromatic rings. The molecule has 1 aromatic carbocycles. The molecule has 0 atom stereocenters. The third-order valence-electron chi connectivity index (χ3n) is 1.61. The van der Waals surface area contributed by atoms with E-state index in [-0.39, 0.29) is 4.90 Å². The third-order valence-corrected chi connectivity index (χ3v) is 4.76. The summed E-state index contributed by atoms with van der Waals surface area (Å²) in [5.41, 5.74) is 1.02. The minimum Gasteiger partial charge on any atom is -0.207 e. The molecular weight excluding hydrogens is 337 g/mol. The molecule has 0 saturated heterocycles. The van der Waals surface area contributed by atoms with E-state index in [0.29, 0.717) is 9.13 Å². The molecular formula is C8H5ClINO2S. The predicted molar refractivity (Wildman–Crippen MR) is 61.6 cm³/mol. The van der Waals surface area contributed by atoms with Crippen molar-refractivity contribution >= 4 is 42.3 Å². The first-order valence-corrected chi connectivity index (χ1v) is 6.90. The summed E-state index contributed by atoms with van der Waals surface area (Å²) in [5, 5.41) is 8.65. The standard InChI is InChI=1S/C8H5ClINO2S/c1-5-2-6(4-11)3-7(8(5)10)14(9,12)13/h2-3H,1H3. The minimum atomic E-state index is -3.77. The van der Waals surface area contributed by atoms with Crippen LogP contribution in [0.25, 0.3) is 0 Å². The molecule has 0 unspecified atom stereocenters. The molecule has 0 bridgehead atoms.